The summed E-state index contributed by atoms with van der Waals surface area (Å²) in [6.45, 7) is 3.98. The van der Waals surface area contributed by atoms with E-state index in [4.69, 9.17) is 9.90 Å². The van der Waals surface area contributed by atoms with Crippen molar-refractivity contribution in [2.24, 2.45) is 0 Å². The number of carboxylic acids is 1. The van der Waals surface area contributed by atoms with Crippen LogP contribution in [0.1, 0.15) is 6.92 Å². The summed E-state index contributed by atoms with van der Waals surface area (Å²) in [5.74, 6) is -1.19. The molecule has 0 aliphatic carbocycles. The van der Waals surface area contributed by atoms with E-state index in [0.717, 1.165) is 0 Å². The Bertz CT molecular complexity index is 109. The Morgan fingerprint density at radius 1 is 1.60 bits per heavy atom. The molecule has 0 spiro atoms. The largest absolute Gasteiger partial charge is 2.00 e. The second-order valence-electron chi connectivity index (χ2n) is 1.16. The normalized spacial score (nSPS) is 5.70. The van der Waals surface area contributed by atoms with Crippen molar-refractivity contribution in [3.63, 3.8) is 0 Å². The third-order valence-corrected chi connectivity index (χ3v) is 0.348. The van der Waals surface area contributed by atoms with E-state index in [0.29, 0.717) is 0 Å². The van der Waals surface area contributed by atoms with Crippen molar-refractivity contribution in [2.75, 3.05) is 0 Å². The number of carboxylic acid groups (broad SMARTS) is 2. The van der Waals surface area contributed by atoms with Crippen LogP contribution in [-0.4, -0.2) is 50.2 Å². The van der Waals surface area contributed by atoms with Crippen LogP contribution in [0, 0.1) is 0 Å². The van der Waals surface area contributed by atoms with E-state index in [9.17, 15) is 9.90 Å². The molecule has 4 nitrogen and oxygen atoms in total. The first kappa shape index (κ1) is 16.5. The van der Waals surface area contributed by atoms with Gasteiger partial charge in [0.15, 0.2) is 0 Å². The molecule has 0 aromatic carbocycles. The second-order valence-corrected chi connectivity index (χ2v) is 1.16. The standard InChI is InChI=1S/C4H6O2.CH2O2.Ca/c1-3(2)4(5)6;2-1-3;/h1H2,2H3,(H,5,6);1H,(H,2,3);/q;;+2/p-2. The van der Waals surface area contributed by atoms with Crippen molar-refractivity contribution >= 4 is 50.2 Å². The maximum atomic E-state index is 9.49. The Morgan fingerprint density at radius 2 is 1.70 bits per heavy atom. The van der Waals surface area contributed by atoms with Crippen LogP contribution in [0.4, 0.5) is 0 Å². The maximum Gasteiger partial charge on any atom is 2.00 e. The van der Waals surface area contributed by atoms with Crippen molar-refractivity contribution in [1.29, 1.82) is 0 Å². The molecule has 0 saturated heterocycles. The number of aliphatic carboxylic acids is 1. The molecule has 5 heteroatoms. The summed E-state index contributed by atoms with van der Waals surface area (Å²) in [5.41, 5.74) is 0.0648. The molecule has 10 heavy (non-hydrogen) atoms. The van der Waals surface area contributed by atoms with E-state index in [-0.39, 0.29) is 43.3 Å². The molecule has 0 bridgehead atoms. The molecule has 52 valence electrons. The van der Waals surface area contributed by atoms with E-state index < -0.39 is 12.4 Å². The first-order chi connectivity index (χ1) is 4.06. The topological polar surface area (TPSA) is 80.3 Å². The molecule has 0 aliphatic heterocycles. The zero-order valence-electron chi connectivity index (χ0n) is 5.62. The smallest absolute Gasteiger partial charge is 0.554 e. The fraction of sp³-hybridized carbons (Fsp3) is 0.200. The second kappa shape index (κ2) is 11.7. The molecule has 0 amide bonds. The minimum absolute atomic E-state index is 0. The summed E-state index contributed by atoms with van der Waals surface area (Å²) in [5, 5.41) is 17.7. The van der Waals surface area contributed by atoms with E-state index in [2.05, 4.69) is 6.58 Å². The molecule has 0 N–H and O–H groups in total. The van der Waals surface area contributed by atoms with Gasteiger partial charge in [0.25, 0.3) is 0 Å². The van der Waals surface area contributed by atoms with Gasteiger partial charge in [0.05, 0.1) is 5.97 Å². The van der Waals surface area contributed by atoms with Gasteiger partial charge >= 0.3 is 37.7 Å². The van der Waals surface area contributed by atoms with Crippen LogP contribution in [-0.2, 0) is 9.59 Å². The van der Waals surface area contributed by atoms with Crippen molar-refractivity contribution in [3.8, 4) is 0 Å². The summed E-state index contributed by atoms with van der Waals surface area (Å²) in [6.07, 6.45) is 0. The van der Waals surface area contributed by atoms with E-state index in [1.807, 2.05) is 0 Å². The van der Waals surface area contributed by atoms with Crippen LogP contribution in [0.3, 0.4) is 0 Å². The zero-order valence-corrected chi connectivity index (χ0v) is 7.83. The molecule has 0 heterocycles. The minimum Gasteiger partial charge on any atom is -0.554 e. The van der Waals surface area contributed by atoms with Gasteiger partial charge in [0.1, 0.15) is 0 Å². The fourth-order valence-corrected chi connectivity index (χ4v) is 0. The Balaban J connectivity index is -0.000000107. The Kier molecular flexibility index (Phi) is 19.3. The van der Waals surface area contributed by atoms with Crippen molar-refractivity contribution < 1.29 is 19.8 Å². The molecule has 0 saturated carbocycles. The zero-order chi connectivity index (χ0) is 7.86. The Morgan fingerprint density at radius 3 is 1.70 bits per heavy atom. The molecule has 0 aromatic heterocycles. The Hall–Kier alpha value is -0.0603. The third kappa shape index (κ3) is 24.6. The van der Waals surface area contributed by atoms with Crippen LogP contribution in [0.15, 0.2) is 12.2 Å². The van der Waals surface area contributed by atoms with Gasteiger partial charge in [-0.3, -0.25) is 0 Å². The van der Waals surface area contributed by atoms with Crippen molar-refractivity contribution in [3.05, 3.63) is 12.2 Å². The quantitative estimate of drug-likeness (QED) is 0.243. The summed E-state index contributed by atoms with van der Waals surface area (Å²) in [7, 11) is 0. The average Bonchev–Trinajstić information content (AvgIpc) is 1.68. The monoisotopic (exact) mass is 170 g/mol. The fourth-order valence-electron chi connectivity index (χ4n) is 0. The maximum absolute atomic E-state index is 9.49. The minimum atomic E-state index is -1.19. The summed E-state index contributed by atoms with van der Waals surface area (Å²) < 4.78 is 0. The van der Waals surface area contributed by atoms with Gasteiger partial charge in [-0.15, -0.1) is 0 Å². The number of carbonyl (C=O) groups excluding carboxylic acids is 2. The summed E-state index contributed by atoms with van der Waals surface area (Å²) >= 11 is 0. The predicted octanol–water partition coefficient (Wildman–Crippen LogP) is -2.70. The van der Waals surface area contributed by atoms with E-state index >= 15 is 0 Å². The summed E-state index contributed by atoms with van der Waals surface area (Å²) in [6, 6.07) is 0. The van der Waals surface area contributed by atoms with Crippen LogP contribution < -0.4 is 10.2 Å². The van der Waals surface area contributed by atoms with Crippen LogP contribution >= 0.6 is 0 Å². The molecule has 0 unspecified atom stereocenters. The number of carbonyl (C=O) groups is 2. The summed E-state index contributed by atoms with van der Waals surface area (Å²) in [4.78, 5) is 17.7. The van der Waals surface area contributed by atoms with Gasteiger partial charge in [0.2, 0.25) is 0 Å². The van der Waals surface area contributed by atoms with E-state index in [1.54, 1.807) is 0 Å². The van der Waals surface area contributed by atoms with Gasteiger partial charge in [0, 0.05) is 6.47 Å². The van der Waals surface area contributed by atoms with E-state index in [1.165, 1.54) is 6.92 Å². The third-order valence-electron chi connectivity index (χ3n) is 0.348. The molecular formula is C5H6CaO4. The molecular weight excluding hydrogens is 164 g/mol. The van der Waals surface area contributed by atoms with Gasteiger partial charge < -0.3 is 19.8 Å². The van der Waals surface area contributed by atoms with Crippen molar-refractivity contribution in [2.45, 2.75) is 6.92 Å². The number of rotatable bonds is 1. The van der Waals surface area contributed by atoms with Gasteiger partial charge in [-0.25, -0.2) is 0 Å². The van der Waals surface area contributed by atoms with Crippen LogP contribution in [0.5, 0.6) is 0 Å². The van der Waals surface area contributed by atoms with Gasteiger partial charge in [-0.05, 0) is 12.5 Å². The van der Waals surface area contributed by atoms with Crippen LogP contribution in [0.2, 0.25) is 0 Å². The van der Waals surface area contributed by atoms with Crippen LogP contribution in [0.25, 0.3) is 0 Å². The first-order valence-corrected chi connectivity index (χ1v) is 1.98. The molecule has 0 fully saturated rings. The molecule has 0 aliphatic rings. The SMILES string of the molecule is C=C(C)C(=O)[O-].O=C[O-].[Ca+2]. The van der Waals surface area contributed by atoms with Gasteiger partial charge in [-0.1, -0.05) is 6.58 Å². The first-order valence-electron chi connectivity index (χ1n) is 1.98. The average molecular weight is 170 g/mol. The molecule has 0 rings (SSSR count). The Labute approximate surface area is 88.5 Å². The predicted molar refractivity (Wildman–Crippen MR) is 31.6 cm³/mol. The van der Waals surface area contributed by atoms with Crippen molar-refractivity contribution in [1.82, 2.24) is 0 Å². The molecule has 0 aromatic rings. The number of hydrogen-bond donors (Lipinski definition) is 0. The molecule has 0 radical (unpaired) electrons. The van der Waals surface area contributed by atoms with Gasteiger partial charge in [-0.2, -0.15) is 0 Å². The number of hydrogen-bond acceptors (Lipinski definition) is 4. The molecule has 0 atom stereocenters.